The third-order valence-electron chi connectivity index (χ3n) is 5.27. The van der Waals surface area contributed by atoms with Crippen LogP contribution in [0.4, 0.5) is 5.69 Å². The van der Waals surface area contributed by atoms with E-state index in [4.69, 9.17) is 4.74 Å². The molecular formula is C20H20N4O3. The molecule has 1 aliphatic rings. The van der Waals surface area contributed by atoms with Gasteiger partial charge in [0.15, 0.2) is 5.43 Å². The van der Waals surface area contributed by atoms with Crippen molar-refractivity contribution >= 4 is 33.0 Å². The smallest absolute Gasteiger partial charge is 0.199 e. The van der Waals surface area contributed by atoms with Crippen LogP contribution in [0.2, 0.25) is 0 Å². The van der Waals surface area contributed by atoms with Crippen molar-refractivity contribution in [1.82, 2.24) is 14.3 Å². The lowest BCUT2D eigenvalue weighted by molar-refractivity contribution is 0.0398. The average molecular weight is 364 g/mol. The molecule has 1 fully saturated rings. The summed E-state index contributed by atoms with van der Waals surface area (Å²) in [7, 11) is 0. The van der Waals surface area contributed by atoms with Gasteiger partial charge in [0.1, 0.15) is 12.1 Å². The summed E-state index contributed by atoms with van der Waals surface area (Å²) in [6.07, 6.45) is 1.73. The molecule has 0 amide bonds. The van der Waals surface area contributed by atoms with Gasteiger partial charge in [-0.15, -0.1) is 0 Å². The lowest BCUT2D eigenvalue weighted by Gasteiger charge is -2.26. The van der Waals surface area contributed by atoms with Crippen LogP contribution in [0.1, 0.15) is 0 Å². The molecule has 0 atom stereocenters. The van der Waals surface area contributed by atoms with Crippen LogP contribution in [0.5, 0.6) is 5.75 Å². The number of aromatic hydroxyl groups is 1. The van der Waals surface area contributed by atoms with Gasteiger partial charge in [-0.1, -0.05) is 0 Å². The number of phenols is 1. The highest BCUT2D eigenvalue weighted by molar-refractivity contribution is 6.07. The molecule has 138 valence electrons. The number of nitrogens with one attached hydrogen (secondary N) is 1. The van der Waals surface area contributed by atoms with Crippen LogP contribution in [0, 0.1) is 0 Å². The Morgan fingerprint density at radius 2 is 2.04 bits per heavy atom. The van der Waals surface area contributed by atoms with Crippen LogP contribution in [-0.4, -0.2) is 58.8 Å². The molecule has 27 heavy (non-hydrogen) atoms. The van der Waals surface area contributed by atoms with Crippen LogP contribution in [0.25, 0.3) is 27.3 Å². The van der Waals surface area contributed by atoms with E-state index >= 15 is 0 Å². The first kappa shape index (κ1) is 16.3. The van der Waals surface area contributed by atoms with Gasteiger partial charge in [0.2, 0.25) is 0 Å². The maximum Gasteiger partial charge on any atom is 0.199 e. The molecule has 7 nitrogen and oxygen atoms in total. The number of pyridine rings is 1. The van der Waals surface area contributed by atoms with E-state index in [1.54, 1.807) is 18.5 Å². The summed E-state index contributed by atoms with van der Waals surface area (Å²) in [5, 5.41) is 14.4. The normalized spacial score (nSPS) is 15.9. The summed E-state index contributed by atoms with van der Waals surface area (Å²) >= 11 is 0. The summed E-state index contributed by atoms with van der Waals surface area (Å²) in [5.74, 6) is 0.0830. The zero-order chi connectivity index (χ0) is 18.4. The van der Waals surface area contributed by atoms with Crippen LogP contribution < -0.4 is 10.7 Å². The van der Waals surface area contributed by atoms with Crippen LogP contribution in [0.15, 0.2) is 41.5 Å². The number of imidazole rings is 1. The number of morpholine rings is 1. The minimum absolute atomic E-state index is 0.0830. The Balaban J connectivity index is 1.58. The minimum Gasteiger partial charge on any atom is -0.508 e. The number of hydrogen-bond donors (Lipinski definition) is 2. The Morgan fingerprint density at radius 1 is 1.19 bits per heavy atom. The second-order valence-electron chi connectivity index (χ2n) is 6.88. The molecule has 0 unspecified atom stereocenters. The zero-order valence-corrected chi connectivity index (χ0v) is 14.8. The second kappa shape index (κ2) is 6.37. The van der Waals surface area contributed by atoms with E-state index < -0.39 is 0 Å². The first-order valence-electron chi connectivity index (χ1n) is 9.14. The predicted molar refractivity (Wildman–Crippen MR) is 105 cm³/mol. The molecule has 2 aromatic carbocycles. The number of hydrogen-bond acceptors (Lipinski definition) is 6. The van der Waals surface area contributed by atoms with E-state index in [0.717, 1.165) is 61.6 Å². The number of phenolic OH excluding ortho intramolecular Hbond substituents is 1. The molecule has 0 saturated carbocycles. The maximum atomic E-state index is 13.2. The fourth-order valence-corrected chi connectivity index (χ4v) is 3.89. The van der Waals surface area contributed by atoms with Crippen molar-refractivity contribution in [3.63, 3.8) is 0 Å². The van der Waals surface area contributed by atoms with Gasteiger partial charge in [0.05, 0.1) is 40.5 Å². The molecule has 0 radical (unpaired) electrons. The summed E-state index contributed by atoms with van der Waals surface area (Å²) in [4.78, 5) is 20.0. The molecule has 7 heteroatoms. The fraction of sp³-hybridized carbons (Fsp3) is 0.300. The van der Waals surface area contributed by atoms with E-state index in [9.17, 15) is 9.90 Å². The van der Waals surface area contributed by atoms with Crippen molar-refractivity contribution in [2.24, 2.45) is 0 Å². The Morgan fingerprint density at radius 3 is 2.89 bits per heavy atom. The highest BCUT2D eigenvalue weighted by atomic mass is 16.5. The molecular weight excluding hydrogens is 344 g/mol. The predicted octanol–water partition coefficient (Wildman–Crippen LogP) is 1.89. The summed E-state index contributed by atoms with van der Waals surface area (Å²) in [5.41, 5.74) is 3.06. The van der Waals surface area contributed by atoms with Crippen LogP contribution in [0.3, 0.4) is 0 Å². The van der Waals surface area contributed by atoms with Gasteiger partial charge < -0.3 is 15.2 Å². The topological polar surface area (TPSA) is 79.1 Å². The average Bonchev–Trinajstić information content (AvgIpc) is 3.12. The highest BCUT2D eigenvalue weighted by Crippen LogP contribution is 2.29. The molecule has 1 saturated heterocycles. The second-order valence-corrected chi connectivity index (χ2v) is 6.88. The SMILES string of the molecule is O=c1c2cc(O)ccc2n2cnc3ccc(NCCN4CCOCC4)c1c32. The largest absolute Gasteiger partial charge is 0.508 e. The quantitative estimate of drug-likeness (QED) is 0.539. The number of nitrogens with zero attached hydrogens (tertiary/aromatic N) is 3. The lowest BCUT2D eigenvalue weighted by Crippen LogP contribution is -2.39. The first-order chi connectivity index (χ1) is 13.2. The lowest BCUT2D eigenvalue weighted by atomic mass is 10.1. The Labute approximate surface area is 155 Å². The number of rotatable bonds is 4. The van der Waals surface area contributed by atoms with E-state index in [1.807, 2.05) is 16.5 Å². The number of benzene rings is 2. The monoisotopic (exact) mass is 364 g/mol. The molecule has 2 aromatic heterocycles. The Kier molecular flexibility index (Phi) is 3.84. The van der Waals surface area contributed by atoms with E-state index in [2.05, 4.69) is 15.2 Å². The van der Waals surface area contributed by atoms with Crippen molar-refractivity contribution in [3.8, 4) is 5.75 Å². The van der Waals surface area contributed by atoms with Gasteiger partial charge in [-0.2, -0.15) is 0 Å². The number of fused-ring (bicyclic) bond motifs is 2. The standard InChI is InChI=1S/C20H20N4O3/c25-13-1-4-17-14(11-13)20(26)18-15(2-3-16-19(18)24(17)12-22-16)21-5-6-23-7-9-27-10-8-23/h1-4,11-12,21,25H,5-10H2. The molecule has 2 N–H and O–H groups in total. The number of aromatic nitrogens is 2. The van der Waals surface area contributed by atoms with Crippen molar-refractivity contribution in [1.29, 1.82) is 0 Å². The van der Waals surface area contributed by atoms with Gasteiger partial charge >= 0.3 is 0 Å². The van der Waals surface area contributed by atoms with Gasteiger partial charge in [-0.25, -0.2) is 4.98 Å². The molecule has 5 rings (SSSR count). The molecule has 0 spiro atoms. The first-order valence-corrected chi connectivity index (χ1v) is 9.14. The van der Waals surface area contributed by atoms with E-state index in [1.165, 1.54) is 6.07 Å². The third-order valence-corrected chi connectivity index (χ3v) is 5.27. The molecule has 0 bridgehead atoms. The van der Waals surface area contributed by atoms with Crippen molar-refractivity contribution in [3.05, 3.63) is 46.9 Å². The van der Waals surface area contributed by atoms with Gasteiger partial charge in [0, 0.05) is 31.9 Å². The summed E-state index contributed by atoms with van der Waals surface area (Å²) in [6.45, 7) is 5.06. The molecule has 4 aromatic rings. The van der Waals surface area contributed by atoms with E-state index in [-0.39, 0.29) is 11.2 Å². The number of anilines is 1. The van der Waals surface area contributed by atoms with Crippen molar-refractivity contribution in [2.75, 3.05) is 44.7 Å². The van der Waals surface area contributed by atoms with Gasteiger partial charge in [-0.3, -0.25) is 14.1 Å². The maximum absolute atomic E-state index is 13.2. The number of ether oxygens (including phenoxy) is 1. The molecule has 3 heterocycles. The summed E-state index contributed by atoms with van der Waals surface area (Å²) < 4.78 is 7.31. The van der Waals surface area contributed by atoms with Crippen LogP contribution >= 0.6 is 0 Å². The minimum atomic E-state index is -0.0895. The van der Waals surface area contributed by atoms with Crippen LogP contribution in [-0.2, 0) is 4.74 Å². The third kappa shape index (κ3) is 2.67. The summed E-state index contributed by atoms with van der Waals surface area (Å²) in [6, 6.07) is 8.72. The Bertz CT molecular complexity index is 1180. The van der Waals surface area contributed by atoms with Crippen molar-refractivity contribution < 1.29 is 9.84 Å². The van der Waals surface area contributed by atoms with E-state index in [0.29, 0.717) is 10.8 Å². The van der Waals surface area contributed by atoms with Gasteiger partial charge in [-0.05, 0) is 30.3 Å². The van der Waals surface area contributed by atoms with Gasteiger partial charge in [0.25, 0.3) is 0 Å². The molecule has 0 aliphatic carbocycles. The fourth-order valence-electron chi connectivity index (χ4n) is 3.89. The highest BCUT2D eigenvalue weighted by Gasteiger charge is 2.17. The van der Waals surface area contributed by atoms with Crippen molar-refractivity contribution in [2.45, 2.75) is 0 Å². The Hall–Kier alpha value is -2.90. The zero-order valence-electron chi connectivity index (χ0n) is 14.8. The molecule has 1 aliphatic heterocycles.